The summed E-state index contributed by atoms with van der Waals surface area (Å²) in [4.78, 5) is 38.5. The number of sulfone groups is 1. The lowest BCUT2D eigenvalue weighted by Gasteiger charge is -2.34. The van der Waals surface area contributed by atoms with Gasteiger partial charge < -0.3 is 27.4 Å². The van der Waals surface area contributed by atoms with Crippen molar-refractivity contribution in [3.05, 3.63) is 59.7 Å². The van der Waals surface area contributed by atoms with Gasteiger partial charge in [-0.05, 0) is 67.9 Å². The van der Waals surface area contributed by atoms with Crippen LogP contribution in [0.25, 0.3) is 0 Å². The molecule has 1 aliphatic heterocycles. The van der Waals surface area contributed by atoms with E-state index in [1.165, 1.54) is 12.1 Å². The Morgan fingerprint density at radius 2 is 1.73 bits per heavy atom. The van der Waals surface area contributed by atoms with E-state index in [1.54, 1.807) is 41.3 Å². The number of benzene rings is 2. The maximum absolute atomic E-state index is 13.8. The molecular formula is C29H40N6O5S. The van der Waals surface area contributed by atoms with Gasteiger partial charge in [0.2, 0.25) is 17.7 Å². The van der Waals surface area contributed by atoms with E-state index in [4.69, 9.17) is 22.6 Å². The van der Waals surface area contributed by atoms with Gasteiger partial charge >= 0.3 is 0 Å². The maximum atomic E-state index is 13.8. The third-order valence-electron chi connectivity index (χ3n) is 7.30. The van der Waals surface area contributed by atoms with Crippen LogP contribution in [0.5, 0.6) is 0 Å². The highest BCUT2D eigenvalue weighted by atomic mass is 32.2. The first-order valence-electron chi connectivity index (χ1n) is 13.8. The van der Waals surface area contributed by atoms with Crippen molar-refractivity contribution in [2.45, 2.75) is 49.8 Å². The smallest absolute Gasteiger partial charge is 0.227 e. The Balaban J connectivity index is 1.80. The minimum Gasteiger partial charge on any atom is -0.384 e. The van der Waals surface area contributed by atoms with E-state index in [0.717, 1.165) is 19.3 Å². The fourth-order valence-corrected chi connectivity index (χ4v) is 6.69. The van der Waals surface area contributed by atoms with Crippen LogP contribution in [-0.2, 0) is 30.6 Å². The van der Waals surface area contributed by atoms with Crippen molar-refractivity contribution < 1.29 is 22.8 Å². The van der Waals surface area contributed by atoms with Gasteiger partial charge in [-0.2, -0.15) is 0 Å². The number of amidine groups is 1. The molecule has 1 atom stereocenters. The Hall–Kier alpha value is -3.77. The largest absolute Gasteiger partial charge is 0.384 e. The van der Waals surface area contributed by atoms with Crippen LogP contribution in [0.15, 0.2) is 53.4 Å². The van der Waals surface area contributed by atoms with Gasteiger partial charge in [0.05, 0.1) is 16.6 Å². The van der Waals surface area contributed by atoms with Gasteiger partial charge in [-0.3, -0.25) is 19.8 Å². The fraction of sp³-hybridized carbons (Fsp3) is 0.448. The molecule has 1 saturated heterocycles. The van der Waals surface area contributed by atoms with Crippen molar-refractivity contribution in [1.82, 2.24) is 4.90 Å². The van der Waals surface area contributed by atoms with E-state index in [9.17, 15) is 22.8 Å². The maximum Gasteiger partial charge on any atom is 0.227 e. The Morgan fingerprint density at radius 1 is 1.02 bits per heavy atom. The number of carbonyl (C=O) groups is 3. The Kier molecular flexibility index (Phi) is 11.4. The van der Waals surface area contributed by atoms with Crippen LogP contribution in [0.4, 0.5) is 5.69 Å². The number of piperidine rings is 1. The van der Waals surface area contributed by atoms with Crippen molar-refractivity contribution in [2.24, 2.45) is 29.0 Å². The summed E-state index contributed by atoms with van der Waals surface area (Å²) in [7, 11) is -3.93. The van der Waals surface area contributed by atoms with Crippen molar-refractivity contribution in [3.8, 4) is 0 Å². The predicted molar refractivity (Wildman–Crippen MR) is 158 cm³/mol. The fourth-order valence-electron chi connectivity index (χ4n) is 5.12. The normalized spacial score (nSPS) is 14.8. The SMILES string of the molecule is N=C(N)c1cccc(C[C@H](CS(=O)(=O)c2cccc(NC(=O)CCN)c2)C(=O)N2CCC(CCCC(N)=O)CC2)c1. The summed E-state index contributed by atoms with van der Waals surface area (Å²) in [6.07, 6.45) is 3.73. The molecule has 1 fully saturated rings. The molecule has 0 aromatic heterocycles. The van der Waals surface area contributed by atoms with Gasteiger partial charge in [0, 0.05) is 43.7 Å². The zero-order valence-electron chi connectivity index (χ0n) is 23.2. The van der Waals surface area contributed by atoms with E-state index in [0.29, 0.717) is 48.7 Å². The summed E-state index contributed by atoms with van der Waals surface area (Å²) >= 11 is 0. The summed E-state index contributed by atoms with van der Waals surface area (Å²) in [5.41, 5.74) is 17.9. The van der Waals surface area contributed by atoms with Gasteiger partial charge in [0.15, 0.2) is 9.84 Å². The molecule has 3 amide bonds. The molecule has 1 aliphatic rings. The van der Waals surface area contributed by atoms with Gasteiger partial charge in [-0.25, -0.2) is 8.42 Å². The number of nitrogens with zero attached hydrogens (tertiary/aromatic N) is 1. The molecule has 11 nitrogen and oxygen atoms in total. The molecule has 41 heavy (non-hydrogen) atoms. The highest BCUT2D eigenvalue weighted by Gasteiger charge is 2.32. The first kappa shape index (κ1) is 31.8. The molecule has 12 heteroatoms. The Bertz CT molecular complexity index is 1350. The van der Waals surface area contributed by atoms with Gasteiger partial charge in [0.1, 0.15) is 5.84 Å². The Labute approximate surface area is 241 Å². The van der Waals surface area contributed by atoms with E-state index < -0.39 is 21.5 Å². The summed E-state index contributed by atoms with van der Waals surface area (Å²) < 4.78 is 27.2. The van der Waals surface area contributed by atoms with Crippen LogP contribution in [0.2, 0.25) is 0 Å². The number of nitrogens with one attached hydrogen (secondary N) is 2. The molecule has 1 heterocycles. The number of likely N-dealkylation sites (tertiary alicyclic amines) is 1. The third-order valence-corrected chi connectivity index (χ3v) is 9.11. The van der Waals surface area contributed by atoms with Gasteiger partial charge in [-0.1, -0.05) is 24.3 Å². The predicted octanol–water partition coefficient (Wildman–Crippen LogP) is 1.78. The second-order valence-corrected chi connectivity index (χ2v) is 12.6. The van der Waals surface area contributed by atoms with Crippen LogP contribution in [0, 0.1) is 17.2 Å². The Morgan fingerprint density at radius 3 is 2.39 bits per heavy atom. The van der Waals surface area contributed by atoms with Crippen LogP contribution < -0.4 is 22.5 Å². The highest BCUT2D eigenvalue weighted by molar-refractivity contribution is 7.91. The number of anilines is 1. The average molecular weight is 585 g/mol. The summed E-state index contributed by atoms with van der Waals surface area (Å²) in [6, 6.07) is 12.9. The van der Waals surface area contributed by atoms with Gasteiger partial charge in [0.25, 0.3) is 0 Å². The molecule has 0 unspecified atom stereocenters. The third kappa shape index (κ3) is 9.68. The number of carbonyl (C=O) groups excluding carboxylic acids is 3. The minimum absolute atomic E-state index is 0.00601. The zero-order chi connectivity index (χ0) is 30.0. The minimum atomic E-state index is -3.93. The molecule has 2 aromatic rings. The zero-order valence-corrected chi connectivity index (χ0v) is 24.0. The molecule has 2 aromatic carbocycles. The first-order chi connectivity index (χ1) is 19.5. The number of nitrogens with two attached hydrogens (primary N) is 3. The van der Waals surface area contributed by atoms with Crippen LogP contribution in [0.1, 0.15) is 49.7 Å². The number of rotatable bonds is 14. The van der Waals surface area contributed by atoms with Crippen molar-refractivity contribution >= 4 is 39.1 Å². The highest BCUT2D eigenvalue weighted by Crippen LogP contribution is 2.27. The number of amides is 3. The second kappa shape index (κ2) is 14.7. The molecule has 0 saturated carbocycles. The standard InChI is InChI=1S/C29H40N6O5S/c30-13-10-27(37)34-24-7-3-8-25(18-24)41(39,40)19-23(17-21-5-1-6-22(16-21)28(32)33)29(38)35-14-11-20(12-15-35)4-2-9-26(31)36/h1,3,5-8,16,18,20,23H,2,4,9-15,17,19,30H2,(H2,31,36)(H3,32,33)(H,34,37)/t23-/m1/s1. The lowest BCUT2D eigenvalue weighted by atomic mass is 9.90. The molecule has 0 bridgehead atoms. The summed E-state index contributed by atoms with van der Waals surface area (Å²) in [5, 5.41) is 10.4. The molecule has 0 radical (unpaired) electrons. The van der Waals surface area contributed by atoms with Crippen LogP contribution in [-0.4, -0.2) is 62.3 Å². The average Bonchev–Trinajstić information content (AvgIpc) is 2.93. The van der Waals surface area contributed by atoms with Crippen molar-refractivity contribution in [1.29, 1.82) is 5.41 Å². The second-order valence-electron chi connectivity index (χ2n) is 10.5. The molecule has 222 valence electrons. The molecule has 3 rings (SSSR count). The van der Waals surface area contributed by atoms with E-state index in [2.05, 4.69) is 5.32 Å². The van der Waals surface area contributed by atoms with Crippen LogP contribution in [0.3, 0.4) is 0 Å². The van der Waals surface area contributed by atoms with E-state index >= 15 is 0 Å². The molecule has 0 aliphatic carbocycles. The summed E-state index contributed by atoms with van der Waals surface area (Å²) in [5.74, 6) is -1.92. The monoisotopic (exact) mass is 584 g/mol. The number of hydrogen-bond acceptors (Lipinski definition) is 7. The van der Waals surface area contributed by atoms with E-state index in [-0.39, 0.29) is 47.8 Å². The number of hydrogen-bond donors (Lipinski definition) is 5. The van der Waals surface area contributed by atoms with Crippen LogP contribution >= 0.6 is 0 Å². The first-order valence-corrected chi connectivity index (χ1v) is 15.5. The lowest BCUT2D eigenvalue weighted by molar-refractivity contribution is -0.136. The van der Waals surface area contributed by atoms with Crippen molar-refractivity contribution in [3.63, 3.8) is 0 Å². The number of primary amides is 1. The lowest BCUT2D eigenvalue weighted by Crippen LogP contribution is -2.44. The molecule has 8 N–H and O–H groups in total. The summed E-state index contributed by atoms with van der Waals surface area (Å²) in [6.45, 7) is 1.18. The molecule has 0 spiro atoms. The quantitative estimate of drug-likeness (QED) is 0.164. The van der Waals surface area contributed by atoms with Crippen molar-refractivity contribution in [2.75, 3.05) is 30.7 Å². The number of nitrogen functional groups attached to an aromatic ring is 1. The molecular weight excluding hydrogens is 544 g/mol. The topological polar surface area (TPSA) is 203 Å². The van der Waals surface area contributed by atoms with Gasteiger partial charge in [-0.15, -0.1) is 0 Å². The van der Waals surface area contributed by atoms with E-state index in [1.807, 2.05) is 0 Å².